The molecular weight excluding hydrogens is 417 g/mol. The molecule has 0 spiro atoms. The van der Waals surface area contributed by atoms with Crippen molar-refractivity contribution in [1.82, 2.24) is 15.1 Å². The maximum atomic E-state index is 13.5. The first kappa shape index (κ1) is 23.4. The van der Waals surface area contributed by atoms with E-state index in [0.717, 1.165) is 44.5 Å². The predicted molar refractivity (Wildman–Crippen MR) is 127 cm³/mol. The summed E-state index contributed by atoms with van der Waals surface area (Å²) in [6, 6.07) is 15.2. The fourth-order valence-corrected chi connectivity index (χ4v) is 5.05. The first-order valence-corrected chi connectivity index (χ1v) is 12.0. The molecule has 1 atom stereocenters. The van der Waals surface area contributed by atoms with Crippen molar-refractivity contribution in [1.29, 1.82) is 0 Å². The summed E-state index contributed by atoms with van der Waals surface area (Å²) in [6.07, 6.45) is 4.07. The Morgan fingerprint density at radius 2 is 1.88 bits per heavy atom. The average molecular weight is 452 g/mol. The SMILES string of the molecule is Cc1ccc(C[C@@]2(CCC(=O)N3CCCN(Cc4cccc(F)c4)CC3)CCC(=O)N2)cc1. The molecule has 5 nitrogen and oxygen atoms in total. The number of carbonyl (C=O) groups excluding carboxylic acids is 2. The summed E-state index contributed by atoms with van der Waals surface area (Å²) in [5.41, 5.74) is 3.03. The number of nitrogens with one attached hydrogen (secondary N) is 1. The van der Waals surface area contributed by atoms with Crippen LogP contribution in [-0.2, 0) is 22.6 Å². The van der Waals surface area contributed by atoms with Gasteiger partial charge in [-0.15, -0.1) is 0 Å². The van der Waals surface area contributed by atoms with Crippen LogP contribution in [-0.4, -0.2) is 53.3 Å². The van der Waals surface area contributed by atoms with Crippen LogP contribution < -0.4 is 5.32 Å². The van der Waals surface area contributed by atoms with Crippen LogP contribution in [0.4, 0.5) is 4.39 Å². The van der Waals surface area contributed by atoms with Crippen LogP contribution >= 0.6 is 0 Å². The molecule has 0 aliphatic carbocycles. The summed E-state index contributed by atoms with van der Waals surface area (Å²) < 4.78 is 13.5. The van der Waals surface area contributed by atoms with Gasteiger partial charge in [0.25, 0.3) is 0 Å². The lowest BCUT2D eigenvalue weighted by molar-refractivity contribution is -0.131. The minimum atomic E-state index is -0.336. The minimum absolute atomic E-state index is 0.0809. The third-order valence-electron chi connectivity index (χ3n) is 6.95. The highest BCUT2D eigenvalue weighted by Gasteiger charge is 2.38. The Bertz CT molecular complexity index is 978. The first-order chi connectivity index (χ1) is 15.9. The second-order valence-electron chi connectivity index (χ2n) is 9.63. The van der Waals surface area contributed by atoms with E-state index in [9.17, 15) is 14.0 Å². The molecule has 6 heteroatoms. The van der Waals surface area contributed by atoms with Gasteiger partial charge < -0.3 is 10.2 Å². The largest absolute Gasteiger partial charge is 0.350 e. The lowest BCUT2D eigenvalue weighted by atomic mass is 9.84. The second kappa shape index (κ2) is 10.5. The van der Waals surface area contributed by atoms with Gasteiger partial charge in [-0.25, -0.2) is 4.39 Å². The molecule has 0 radical (unpaired) electrons. The fourth-order valence-electron chi connectivity index (χ4n) is 5.05. The number of rotatable bonds is 7. The lowest BCUT2D eigenvalue weighted by Crippen LogP contribution is -2.45. The van der Waals surface area contributed by atoms with Gasteiger partial charge in [-0.05, 0) is 55.9 Å². The topological polar surface area (TPSA) is 52.7 Å². The van der Waals surface area contributed by atoms with Gasteiger partial charge in [-0.1, -0.05) is 42.0 Å². The third kappa shape index (κ3) is 6.41. The zero-order chi connectivity index (χ0) is 23.3. The second-order valence-corrected chi connectivity index (χ2v) is 9.63. The van der Waals surface area contributed by atoms with Crippen LogP contribution in [0.2, 0.25) is 0 Å². The van der Waals surface area contributed by atoms with Crippen molar-refractivity contribution in [2.75, 3.05) is 26.2 Å². The molecular formula is C27H34FN3O2. The molecule has 176 valence electrons. The molecule has 2 aliphatic rings. The maximum Gasteiger partial charge on any atom is 0.222 e. The molecule has 2 heterocycles. The van der Waals surface area contributed by atoms with E-state index in [4.69, 9.17) is 0 Å². The summed E-state index contributed by atoms with van der Waals surface area (Å²) in [4.78, 5) is 29.4. The lowest BCUT2D eigenvalue weighted by Gasteiger charge is -2.30. The Morgan fingerprint density at radius 3 is 2.61 bits per heavy atom. The summed E-state index contributed by atoms with van der Waals surface area (Å²) in [5.74, 6) is 0.0297. The van der Waals surface area contributed by atoms with Crippen LogP contribution in [0, 0.1) is 12.7 Å². The number of hydrogen-bond donors (Lipinski definition) is 1. The molecule has 2 aliphatic heterocycles. The highest BCUT2D eigenvalue weighted by atomic mass is 19.1. The summed E-state index contributed by atoms with van der Waals surface area (Å²) in [6.45, 7) is 5.88. The molecule has 2 amide bonds. The van der Waals surface area contributed by atoms with E-state index < -0.39 is 0 Å². The van der Waals surface area contributed by atoms with Crippen LogP contribution in [0.3, 0.4) is 0 Å². The van der Waals surface area contributed by atoms with Gasteiger partial charge in [-0.2, -0.15) is 0 Å². The van der Waals surface area contributed by atoms with Gasteiger partial charge in [0.2, 0.25) is 11.8 Å². The fraction of sp³-hybridized carbons (Fsp3) is 0.481. The van der Waals surface area contributed by atoms with Crippen LogP contribution in [0.1, 0.15) is 48.8 Å². The van der Waals surface area contributed by atoms with Gasteiger partial charge in [0, 0.05) is 51.1 Å². The number of nitrogens with zero attached hydrogens (tertiary/aromatic N) is 2. The molecule has 2 aromatic carbocycles. The Kier molecular flexibility index (Phi) is 7.43. The van der Waals surface area contributed by atoms with E-state index in [1.165, 1.54) is 17.2 Å². The van der Waals surface area contributed by atoms with Crippen LogP contribution in [0.25, 0.3) is 0 Å². The standard InChI is InChI=1S/C27H34FN3O2/c1-21-6-8-22(9-7-21)19-27(12-10-25(32)29-27)13-11-26(33)31-15-3-14-30(16-17-31)20-23-4-2-5-24(28)18-23/h2,4-9,18H,3,10-17,19-20H2,1H3,(H,29,32)/t27-/m0/s1. The van der Waals surface area contributed by atoms with Crippen molar-refractivity contribution in [3.63, 3.8) is 0 Å². The molecule has 2 saturated heterocycles. The van der Waals surface area contributed by atoms with E-state index in [0.29, 0.717) is 32.4 Å². The van der Waals surface area contributed by atoms with Crippen molar-refractivity contribution in [3.05, 3.63) is 71.0 Å². The Hall–Kier alpha value is -2.73. The van der Waals surface area contributed by atoms with Gasteiger partial charge in [-0.3, -0.25) is 14.5 Å². The quantitative estimate of drug-likeness (QED) is 0.696. The number of aryl methyl sites for hydroxylation is 1. The van der Waals surface area contributed by atoms with Crippen molar-refractivity contribution in [2.24, 2.45) is 0 Å². The number of amides is 2. The van der Waals surface area contributed by atoms with Crippen molar-refractivity contribution in [2.45, 2.75) is 57.5 Å². The first-order valence-electron chi connectivity index (χ1n) is 12.0. The van der Waals surface area contributed by atoms with Crippen molar-refractivity contribution in [3.8, 4) is 0 Å². The van der Waals surface area contributed by atoms with E-state index in [1.54, 1.807) is 12.1 Å². The molecule has 4 rings (SSSR count). The maximum absolute atomic E-state index is 13.5. The molecule has 0 aromatic heterocycles. The van der Waals surface area contributed by atoms with Crippen molar-refractivity contribution >= 4 is 11.8 Å². The molecule has 33 heavy (non-hydrogen) atoms. The van der Waals surface area contributed by atoms with Gasteiger partial charge in [0.1, 0.15) is 5.82 Å². The minimum Gasteiger partial charge on any atom is -0.350 e. The van der Waals surface area contributed by atoms with Crippen LogP contribution in [0.15, 0.2) is 48.5 Å². The Balaban J connectivity index is 1.32. The van der Waals surface area contributed by atoms with E-state index in [-0.39, 0.29) is 23.2 Å². The van der Waals surface area contributed by atoms with E-state index in [1.807, 2.05) is 11.0 Å². The van der Waals surface area contributed by atoms with Gasteiger partial charge >= 0.3 is 0 Å². The highest BCUT2D eigenvalue weighted by Crippen LogP contribution is 2.30. The Morgan fingerprint density at radius 1 is 1.06 bits per heavy atom. The summed E-state index contributed by atoms with van der Waals surface area (Å²) >= 11 is 0. The zero-order valence-electron chi connectivity index (χ0n) is 19.5. The van der Waals surface area contributed by atoms with Gasteiger partial charge in [0.05, 0.1) is 0 Å². The molecule has 2 aromatic rings. The Labute approximate surface area is 196 Å². The number of benzene rings is 2. The molecule has 2 fully saturated rings. The molecule has 0 unspecified atom stereocenters. The smallest absolute Gasteiger partial charge is 0.222 e. The van der Waals surface area contributed by atoms with Crippen LogP contribution in [0.5, 0.6) is 0 Å². The number of halogens is 1. The summed E-state index contributed by atoms with van der Waals surface area (Å²) in [5, 5.41) is 3.19. The molecule has 1 N–H and O–H groups in total. The third-order valence-corrected chi connectivity index (χ3v) is 6.95. The molecule has 0 bridgehead atoms. The summed E-state index contributed by atoms with van der Waals surface area (Å²) in [7, 11) is 0. The monoisotopic (exact) mass is 451 g/mol. The van der Waals surface area contributed by atoms with Gasteiger partial charge in [0.15, 0.2) is 0 Å². The predicted octanol–water partition coefficient (Wildman–Crippen LogP) is 3.84. The highest BCUT2D eigenvalue weighted by molar-refractivity contribution is 5.80. The van der Waals surface area contributed by atoms with E-state index >= 15 is 0 Å². The normalized spacial score (nSPS) is 21.6. The zero-order valence-corrected chi connectivity index (χ0v) is 19.5. The average Bonchev–Trinajstić information content (AvgIpc) is 3.00. The van der Waals surface area contributed by atoms with E-state index in [2.05, 4.69) is 41.4 Å². The number of hydrogen-bond acceptors (Lipinski definition) is 3. The molecule has 0 saturated carbocycles. The number of carbonyl (C=O) groups is 2. The van der Waals surface area contributed by atoms with Crippen molar-refractivity contribution < 1.29 is 14.0 Å².